The van der Waals surface area contributed by atoms with E-state index in [-0.39, 0.29) is 18.8 Å². The third-order valence-corrected chi connectivity index (χ3v) is 2.79. The minimum Gasteiger partial charge on any atom is -0.480 e. The minimum atomic E-state index is -1.33. The molecule has 1 fully saturated rings. The smallest absolute Gasteiger partial charge is 0.408 e. The number of carbonyl (C=O) groups excluding carboxylic acids is 1. The van der Waals surface area contributed by atoms with Crippen molar-refractivity contribution in [2.75, 3.05) is 0 Å². The fraction of sp³-hybridized carbons (Fsp3) is 0.833. The van der Waals surface area contributed by atoms with Gasteiger partial charge in [-0.3, -0.25) is 0 Å². The fourth-order valence-corrected chi connectivity index (χ4v) is 2.09. The molecule has 0 radical (unpaired) electrons. The molecule has 1 aliphatic rings. The number of halogens is 1. The largest absolute Gasteiger partial charge is 0.480 e. The van der Waals surface area contributed by atoms with Crippen molar-refractivity contribution in [2.45, 2.75) is 57.8 Å². The summed E-state index contributed by atoms with van der Waals surface area (Å²) in [5, 5.41) is 11.3. The lowest BCUT2D eigenvalue weighted by molar-refractivity contribution is -0.144. The van der Waals surface area contributed by atoms with Gasteiger partial charge < -0.3 is 15.2 Å². The van der Waals surface area contributed by atoms with Crippen molar-refractivity contribution in [2.24, 2.45) is 5.92 Å². The Balaban J connectivity index is 2.55. The van der Waals surface area contributed by atoms with Crippen molar-refractivity contribution < 1.29 is 23.8 Å². The fourth-order valence-electron chi connectivity index (χ4n) is 2.09. The molecule has 0 aromatic rings. The number of alkyl carbamates (subject to hydrolysis) is 1. The first kappa shape index (κ1) is 14.7. The van der Waals surface area contributed by atoms with Crippen LogP contribution in [0.1, 0.15) is 40.5 Å². The number of carboxylic acids is 1. The normalized spacial score (nSPS) is 29.1. The van der Waals surface area contributed by atoms with Gasteiger partial charge in [0.25, 0.3) is 0 Å². The molecule has 0 bridgehead atoms. The number of aliphatic carboxylic acids is 1. The van der Waals surface area contributed by atoms with E-state index in [1.54, 1.807) is 20.8 Å². The van der Waals surface area contributed by atoms with Gasteiger partial charge in [0, 0.05) is 0 Å². The lowest BCUT2D eigenvalue weighted by Crippen LogP contribution is -2.54. The molecule has 18 heavy (non-hydrogen) atoms. The van der Waals surface area contributed by atoms with Crippen LogP contribution in [0.2, 0.25) is 0 Å². The Morgan fingerprint density at radius 2 is 1.94 bits per heavy atom. The highest BCUT2D eigenvalue weighted by Gasteiger charge is 2.47. The van der Waals surface area contributed by atoms with E-state index in [1.165, 1.54) is 6.92 Å². The van der Waals surface area contributed by atoms with Crippen LogP contribution in [0.4, 0.5) is 9.18 Å². The lowest BCUT2D eigenvalue weighted by Gasteiger charge is -2.41. The summed E-state index contributed by atoms with van der Waals surface area (Å²) in [4.78, 5) is 22.5. The van der Waals surface area contributed by atoms with Gasteiger partial charge in [-0.1, -0.05) is 0 Å². The van der Waals surface area contributed by atoms with E-state index in [4.69, 9.17) is 9.84 Å². The van der Waals surface area contributed by atoms with E-state index in [1.807, 2.05) is 0 Å². The number of ether oxygens (including phenoxy) is 1. The quantitative estimate of drug-likeness (QED) is 0.815. The maximum atomic E-state index is 13.4. The molecule has 0 aromatic carbocycles. The summed E-state index contributed by atoms with van der Waals surface area (Å²) in [5.74, 6) is -1.55. The van der Waals surface area contributed by atoms with Gasteiger partial charge in [0.1, 0.15) is 17.3 Å². The van der Waals surface area contributed by atoms with E-state index in [0.717, 1.165) is 0 Å². The number of amides is 1. The molecule has 0 heterocycles. The molecular formula is C12H20FNO4. The highest BCUT2D eigenvalue weighted by molar-refractivity contribution is 5.80. The molecule has 1 rings (SSSR count). The van der Waals surface area contributed by atoms with Gasteiger partial charge in [0.15, 0.2) is 0 Å². The van der Waals surface area contributed by atoms with E-state index in [2.05, 4.69) is 5.32 Å². The maximum absolute atomic E-state index is 13.4. The lowest BCUT2D eigenvalue weighted by atomic mass is 9.70. The molecule has 1 saturated carbocycles. The Morgan fingerprint density at radius 1 is 1.44 bits per heavy atom. The average molecular weight is 261 g/mol. The summed E-state index contributed by atoms with van der Waals surface area (Å²) in [7, 11) is 0. The molecule has 5 nitrogen and oxygen atoms in total. The minimum absolute atomic E-state index is 0.139. The summed E-state index contributed by atoms with van der Waals surface area (Å²) in [6, 6.07) is -1.09. The number of carbonyl (C=O) groups is 2. The van der Waals surface area contributed by atoms with Crippen LogP contribution in [0.15, 0.2) is 0 Å². The molecule has 2 N–H and O–H groups in total. The standard InChI is InChI=1S/C12H20FNO4/c1-11(2,3)18-10(17)14-8(9(15)16)7-5-12(4,13)6-7/h7-8H,5-6H2,1-4H3,(H,14,17)(H,15,16)/t7?,8-,12?/m1/s1. The van der Waals surface area contributed by atoms with Gasteiger partial charge in [-0.15, -0.1) is 0 Å². The number of alkyl halides is 1. The van der Waals surface area contributed by atoms with Crippen LogP contribution in [-0.2, 0) is 9.53 Å². The summed E-state index contributed by atoms with van der Waals surface area (Å²) < 4.78 is 18.3. The summed E-state index contributed by atoms with van der Waals surface area (Å²) in [6.45, 7) is 6.48. The first-order chi connectivity index (χ1) is 8.00. The molecule has 0 unspecified atom stereocenters. The van der Waals surface area contributed by atoms with Crippen LogP contribution < -0.4 is 5.32 Å². The van der Waals surface area contributed by atoms with Gasteiger partial charge in [-0.25, -0.2) is 14.0 Å². The number of carboxylic acid groups (broad SMARTS) is 1. The second kappa shape index (κ2) is 4.74. The molecule has 0 aliphatic heterocycles. The SMILES string of the molecule is CC1(F)CC([C@@H](NC(=O)OC(C)(C)C)C(=O)O)C1. The van der Waals surface area contributed by atoms with Crippen LogP contribution >= 0.6 is 0 Å². The zero-order valence-corrected chi connectivity index (χ0v) is 11.1. The number of hydrogen-bond donors (Lipinski definition) is 2. The first-order valence-electron chi connectivity index (χ1n) is 5.91. The zero-order chi connectivity index (χ0) is 14.1. The average Bonchev–Trinajstić information content (AvgIpc) is 2.06. The van der Waals surface area contributed by atoms with Crippen molar-refractivity contribution in [3.8, 4) is 0 Å². The monoisotopic (exact) mass is 261 g/mol. The third-order valence-electron chi connectivity index (χ3n) is 2.79. The summed E-state index contributed by atoms with van der Waals surface area (Å²) >= 11 is 0. The Kier molecular flexibility index (Phi) is 3.88. The van der Waals surface area contributed by atoms with Crippen LogP contribution in [0.5, 0.6) is 0 Å². The van der Waals surface area contributed by atoms with E-state index >= 15 is 0 Å². The number of rotatable bonds is 3. The van der Waals surface area contributed by atoms with Crippen molar-refractivity contribution in [1.82, 2.24) is 5.32 Å². The van der Waals surface area contributed by atoms with E-state index in [0.29, 0.717) is 0 Å². The number of nitrogens with one attached hydrogen (secondary N) is 1. The number of hydrogen-bond acceptors (Lipinski definition) is 3. The van der Waals surface area contributed by atoms with Gasteiger partial charge in [0.05, 0.1) is 0 Å². The van der Waals surface area contributed by atoms with Gasteiger partial charge in [-0.2, -0.15) is 0 Å². The molecule has 6 heteroatoms. The zero-order valence-electron chi connectivity index (χ0n) is 11.1. The van der Waals surface area contributed by atoms with Gasteiger partial charge >= 0.3 is 12.1 Å². The highest BCUT2D eigenvalue weighted by Crippen LogP contribution is 2.42. The molecule has 1 amide bonds. The molecule has 0 saturated heterocycles. The Bertz CT molecular complexity index is 340. The molecule has 1 atom stereocenters. The Hall–Kier alpha value is -1.33. The topological polar surface area (TPSA) is 75.6 Å². The predicted octanol–water partition coefficient (Wildman–Crippen LogP) is 2.10. The van der Waals surface area contributed by atoms with Crippen LogP contribution in [-0.4, -0.2) is 34.5 Å². The molecule has 0 aromatic heterocycles. The van der Waals surface area contributed by atoms with E-state index < -0.39 is 29.4 Å². The second-order valence-electron chi connectivity index (χ2n) is 6.04. The van der Waals surface area contributed by atoms with Crippen molar-refractivity contribution in [3.63, 3.8) is 0 Å². The Morgan fingerprint density at radius 3 is 2.28 bits per heavy atom. The Labute approximate surface area is 106 Å². The van der Waals surface area contributed by atoms with Gasteiger partial charge in [0.2, 0.25) is 0 Å². The highest BCUT2D eigenvalue weighted by atomic mass is 19.1. The maximum Gasteiger partial charge on any atom is 0.408 e. The van der Waals surface area contributed by atoms with Crippen LogP contribution in [0.25, 0.3) is 0 Å². The summed E-state index contributed by atoms with van der Waals surface area (Å²) in [6.07, 6.45) is -0.512. The molecule has 0 spiro atoms. The third kappa shape index (κ3) is 4.16. The van der Waals surface area contributed by atoms with Crippen LogP contribution in [0.3, 0.4) is 0 Å². The molecule has 104 valence electrons. The first-order valence-corrected chi connectivity index (χ1v) is 5.91. The predicted molar refractivity (Wildman–Crippen MR) is 63.0 cm³/mol. The van der Waals surface area contributed by atoms with E-state index in [9.17, 15) is 14.0 Å². The van der Waals surface area contributed by atoms with Crippen molar-refractivity contribution in [1.29, 1.82) is 0 Å². The second-order valence-corrected chi connectivity index (χ2v) is 6.04. The summed E-state index contributed by atoms with van der Waals surface area (Å²) in [5.41, 5.74) is -2.02. The molecular weight excluding hydrogens is 241 g/mol. The van der Waals surface area contributed by atoms with Gasteiger partial charge in [-0.05, 0) is 46.5 Å². The van der Waals surface area contributed by atoms with Crippen molar-refractivity contribution >= 4 is 12.1 Å². The van der Waals surface area contributed by atoms with Crippen molar-refractivity contribution in [3.05, 3.63) is 0 Å². The molecule has 1 aliphatic carbocycles. The van der Waals surface area contributed by atoms with Crippen LogP contribution in [0, 0.1) is 5.92 Å².